The molecule has 2 aromatic rings. The molecule has 0 aliphatic carbocycles. The van der Waals surface area contributed by atoms with Gasteiger partial charge in [0.15, 0.2) is 0 Å². The Bertz CT molecular complexity index is 582. The molecule has 0 aliphatic rings. The first-order chi connectivity index (χ1) is 8.39. The number of hydrogen-bond acceptors (Lipinski definition) is 1. The van der Waals surface area contributed by atoms with Crippen LogP contribution in [0.3, 0.4) is 0 Å². The topological polar surface area (TPSA) is 12.9 Å². The minimum atomic E-state index is -4.49. The highest BCUT2D eigenvalue weighted by Crippen LogP contribution is 2.34. The van der Waals surface area contributed by atoms with E-state index in [4.69, 9.17) is 23.2 Å². The van der Waals surface area contributed by atoms with Crippen molar-refractivity contribution in [3.8, 4) is 11.3 Å². The first-order valence-corrected chi connectivity index (χ1v) is 5.64. The fraction of sp³-hybridized carbons (Fsp3) is 0.0833. The van der Waals surface area contributed by atoms with Crippen molar-refractivity contribution in [2.45, 2.75) is 6.18 Å². The summed E-state index contributed by atoms with van der Waals surface area (Å²) in [6, 6.07) is 8.36. The third-order valence-corrected chi connectivity index (χ3v) is 3.09. The lowest BCUT2D eigenvalue weighted by Crippen LogP contribution is -2.08. The van der Waals surface area contributed by atoms with Gasteiger partial charge in [0.2, 0.25) is 0 Å². The van der Waals surface area contributed by atoms with Crippen molar-refractivity contribution < 1.29 is 13.2 Å². The molecule has 18 heavy (non-hydrogen) atoms. The summed E-state index contributed by atoms with van der Waals surface area (Å²) in [5, 5.41) is 0.458. The molecular formula is C12H6Cl2F3N. The average Bonchev–Trinajstić information content (AvgIpc) is 2.32. The predicted octanol–water partition coefficient (Wildman–Crippen LogP) is 5.07. The Kier molecular flexibility index (Phi) is 3.50. The normalized spacial score (nSPS) is 11.6. The van der Waals surface area contributed by atoms with Crippen molar-refractivity contribution in [2.75, 3.05) is 0 Å². The van der Waals surface area contributed by atoms with E-state index in [-0.39, 0.29) is 15.7 Å². The van der Waals surface area contributed by atoms with E-state index in [0.29, 0.717) is 5.56 Å². The van der Waals surface area contributed by atoms with E-state index >= 15 is 0 Å². The minimum Gasteiger partial charge on any atom is -0.243 e. The van der Waals surface area contributed by atoms with Crippen molar-refractivity contribution in [3.05, 3.63) is 52.1 Å². The van der Waals surface area contributed by atoms with Crippen LogP contribution in [-0.2, 0) is 6.18 Å². The number of benzene rings is 1. The van der Waals surface area contributed by atoms with Crippen LogP contribution < -0.4 is 0 Å². The van der Waals surface area contributed by atoms with Crippen LogP contribution in [0.2, 0.25) is 10.0 Å². The highest BCUT2D eigenvalue weighted by molar-refractivity contribution is 6.43. The van der Waals surface area contributed by atoms with E-state index in [9.17, 15) is 13.2 Å². The Balaban J connectivity index is 2.55. The number of aromatic nitrogens is 1. The lowest BCUT2D eigenvalue weighted by molar-refractivity contribution is -0.141. The summed E-state index contributed by atoms with van der Waals surface area (Å²) in [6.45, 7) is 0. The molecule has 1 heterocycles. The number of hydrogen-bond donors (Lipinski definition) is 0. The summed E-state index contributed by atoms with van der Waals surface area (Å²) < 4.78 is 37.6. The lowest BCUT2D eigenvalue weighted by atomic mass is 10.1. The zero-order valence-electron chi connectivity index (χ0n) is 8.80. The highest BCUT2D eigenvalue weighted by Gasteiger charge is 2.32. The Labute approximate surface area is 111 Å². The third-order valence-electron chi connectivity index (χ3n) is 2.27. The van der Waals surface area contributed by atoms with Crippen LogP contribution in [0.5, 0.6) is 0 Å². The molecule has 0 bridgehead atoms. The molecule has 0 saturated carbocycles. The van der Waals surface area contributed by atoms with Crippen LogP contribution >= 0.6 is 23.2 Å². The molecule has 1 nitrogen and oxygen atoms in total. The zero-order chi connectivity index (χ0) is 13.3. The average molecular weight is 292 g/mol. The fourth-order valence-electron chi connectivity index (χ4n) is 1.44. The molecule has 6 heteroatoms. The summed E-state index contributed by atoms with van der Waals surface area (Å²) in [7, 11) is 0. The maximum absolute atomic E-state index is 12.5. The summed E-state index contributed by atoms with van der Waals surface area (Å²) in [5.74, 6) is 0. The number of alkyl halides is 3. The molecule has 94 valence electrons. The fourth-order valence-corrected chi connectivity index (χ4v) is 1.84. The highest BCUT2D eigenvalue weighted by atomic mass is 35.5. The summed E-state index contributed by atoms with van der Waals surface area (Å²) >= 11 is 11.8. The SMILES string of the molecule is FC(F)(F)c1cccc(-c2cccc(Cl)c2Cl)n1. The summed E-state index contributed by atoms with van der Waals surface area (Å²) in [4.78, 5) is 3.55. The molecule has 1 aromatic heterocycles. The second-order valence-corrected chi connectivity index (χ2v) is 4.29. The molecule has 0 radical (unpaired) electrons. The van der Waals surface area contributed by atoms with Crippen molar-refractivity contribution in [1.82, 2.24) is 4.98 Å². The van der Waals surface area contributed by atoms with Gasteiger partial charge in [0.25, 0.3) is 0 Å². The Hall–Kier alpha value is -1.26. The van der Waals surface area contributed by atoms with Crippen LogP contribution in [-0.4, -0.2) is 4.98 Å². The maximum atomic E-state index is 12.5. The van der Waals surface area contributed by atoms with Gasteiger partial charge in [0.1, 0.15) is 5.69 Å². The molecule has 0 unspecified atom stereocenters. The standard InChI is InChI=1S/C12H6Cl2F3N/c13-8-4-1-3-7(11(8)14)9-5-2-6-10(18-9)12(15,16)17/h1-6H. The summed E-state index contributed by atoms with van der Waals surface area (Å²) in [6.07, 6.45) is -4.49. The Morgan fingerprint density at radius 1 is 0.944 bits per heavy atom. The zero-order valence-corrected chi connectivity index (χ0v) is 10.3. The van der Waals surface area contributed by atoms with E-state index in [1.54, 1.807) is 18.2 Å². The van der Waals surface area contributed by atoms with Gasteiger partial charge in [-0.15, -0.1) is 0 Å². The van der Waals surface area contributed by atoms with Gasteiger partial charge in [-0.05, 0) is 18.2 Å². The van der Waals surface area contributed by atoms with E-state index < -0.39 is 11.9 Å². The smallest absolute Gasteiger partial charge is 0.243 e. The second-order valence-electron chi connectivity index (χ2n) is 3.51. The van der Waals surface area contributed by atoms with E-state index in [2.05, 4.69) is 4.98 Å². The van der Waals surface area contributed by atoms with Gasteiger partial charge >= 0.3 is 6.18 Å². The number of nitrogens with zero attached hydrogens (tertiary/aromatic N) is 1. The van der Waals surface area contributed by atoms with Crippen LogP contribution in [0.1, 0.15) is 5.69 Å². The van der Waals surface area contributed by atoms with E-state index in [1.807, 2.05) is 0 Å². The van der Waals surface area contributed by atoms with Crippen LogP contribution in [0.4, 0.5) is 13.2 Å². The number of rotatable bonds is 1. The largest absolute Gasteiger partial charge is 0.433 e. The van der Waals surface area contributed by atoms with Gasteiger partial charge in [-0.25, -0.2) is 4.98 Å². The van der Waals surface area contributed by atoms with Crippen molar-refractivity contribution >= 4 is 23.2 Å². The van der Waals surface area contributed by atoms with Gasteiger partial charge in [-0.2, -0.15) is 13.2 Å². The number of pyridine rings is 1. The molecule has 0 aliphatic heterocycles. The molecule has 2 rings (SSSR count). The van der Waals surface area contributed by atoms with Gasteiger partial charge < -0.3 is 0 Å². The van der Waals surface area contributed by atoms with E-state index in [1.165, 1.54) is 12.1 Å². The Morgan fingerprint density at radius 2 is 1.61 bits per heavy atom. The number of halogens is 5. The van der Waals surface area contributed by atoms with Gasteiger partial charge in [-0.3, -0.25) is 0 Å². The first-order valence-electron chi connectivity index (χ1n) is 4.88. The van der Waals surface area contributed by atoms with Gasteiger partial charge in [-0.1, -0.05) is 41.4 Å². The van der Waals surface area contributed by atoms with E-state index in [0.717, 1.165) is 6.07 Å². The maximum Gasteiger partial charge on any atom is 0.433 e. The van der Waals surface area contributed by atoms with Crippen molar-refractivity contribution in [2.24, 2.45) is 0 Å². The van der Waals surface area contributed by atoms with Gasteiger partial charge in [0.05, 0.1) is 15.7 Å². The second kappa shape index (κ2) is 4.78. The van der Waals surface area contributed by atoms with Crippen LogP contribution in [0.25, 0.3) is 11.3 Å². The van der Waals surface area contributed by atoms with Crippen molar-refractivity contribution in [3.63, 3.8) is 0 Å². The van der Waals surface area contributed by atoms with Crippen LogP contribution in [0, 0.1) is 0 Å². The van der Waals surface area contributed by atoms with Crippen LogP contribution in [0.15, 0.2) is 36.4 Å². The monoisotopic (exact) mass is 291 g/mol. The molecule has 0 amide bonds. The Morgan fingerprint density at radius 3 is 2.28 bits per heavy atom. The van der Waals surface area contributed by atoms with Crippen molar-refractivity contribution in [1.29, 1.82) is 0 Å². The summed E-state index contributed by atoms with van der Waals surface area (Å²) in [5.41, 5.74) is -0.455. The molecule has 0 saturated heterocycles. The molecule has 0 spiro atoms. The minimum absolute atomic E-state index is 0.136. The molecule has 0 fully saturated rings. The van der Waals surface area contributed by atoms with Gasteiger partial charge in [0, 0.05) is 5.56 Å². The third kappa shape index (κ3) is 2.60. The predicted molar refractivity (Wildman–Crippen MR) is 64.7 cm³/mol. The first kappa shape index (κ1) is 13.2. The quantitative estimate of drug-likeness (QED) is 0.714. The lowest BCUT2D eigenvalue weighted by Gasteiger charge is -2.09. The molecule has 1 aromatic carbocycles. The molecule has 0 atom stereocenters. The molecular weight excluding hydrogens is 286 g/mol. The molecule has 0 N–H and O–H groups in total.